The molecule has 1 aromatic heterocycles. The quantitative estimate of drug-likeness (QED) is 0.842. The van der Waals surface area contributed by atoms with Crippen LogP contribution in [0.1, 0.15) is 25.0 Å². The van der Waals surface area contributed by atoms with Crippen LogP contribution in [0.5, 0.6) is 0 Å². The molecule has 2 N–H and O–H groups in total. The van der Waals surface area contributed by atoms with Crippen molar-refractivity contribution in [1.29, 1.82) is 0 Å². The van der Waals surface area contributed by atoms with Crippen molar-refractivity contribution in [1.82, 2.24) is 9.97 Å². The van der Waals surface area contributed by atoms with Crippen LogP contribution < -0.4 is 15.5 Å². The van der Waals surface area contributed by atoms with Crippen LogP contribution in [-0.2, 0) is 0 Å². The summed E-state index contributed by atoms with van der Waals surface area (Å²) in [6.45, 7) is 6.14. The Morgan fingerprint density at radius 1 is 1.17 bits per heavy atom. The van der Waals surface area contributed by atoms with Crippen molar-refractivity contribution >= 4 is 11.8 Å². The Morgan fingerprint density at radius 2 is 1.94 bits per heavy atom. The molecule has 18 heavy (non-hydrogen) atoms. The summed E-state index contributed by atoms with van der Waals surface area (Å²) in [5, 5.41) is 0. The van der Waals surface area contributed by atoms with E-state index in [0.29, 0.717) is 0 Å². The first-order valence-electron chi connectivity index (χ1n) is 6.83. The van der Waals surface area contributed by atoms with E-state index in [9.17, 15) is 0 Å². The second-order valence-electron chi connectivity index (χ2n) is 5.36. The Morgan fingerprint density at radius 3 is 2.61 bits per heavy atom. The highest BCUT2D eigenvalue weighted by Crippen LogP contribution is 2.23. The van der Waals surface area contributed by atoms with Crippen molar-refractivity contribution < 1.29 is 0 Å². The van der Waals surface area contributed by atoms with Gasteiger partial charge in [0.1, 0.15) is 5.82 Å². The van der Waals surface area contributed by atoms with E-state index in [1.54, 1.807) is 0 Å². The van der Waals surface area contributed by atoms with Crippen molar-refractivity contribution in [3.63, 3.8) is 0 Å². The maximum atomic E-state index is 5.97. The zero-order chi connectivity index (χ0) is 12.5. The van der Waals surface area contributed by atoms with Gasteiger partial charge in [0.05, 0.1) is 0 Å². The number of anilines is 2. The monoisotopic (exact) mass is 247 g/mol. The first kappa shape index (κ1) is 11.7. The van der Waals surface area contributed by atoms with Gasteiger partial charge in [-0.1, -0.05) is 0 Å². The molecule has 1 atom stereocenters. The lowest BCUT2D eigenvalue weighted by atomic mass is 10.3. The average Bonchev–Trinajstić information content (AvgIpc) is 2.98. The fraction of sp³-hybridized carbons (Fsp3) is 0.692. The van der Waals surface area contributed by atoms with Gasteiger partial charge in [0, 0.05) is 44.0 Å². The van der Waals surface area contributed by atoms with Crippen LogP contribution in [0.4, 0.5) is 11.8 Å². The van der Waals surface area contributed by atoms with Gasteiger partial charge in [-0.25, -0.2) is 4.98 Å². The molecule has 2 fully saturated rings. The van der Waals surface area contributed by atoms with Crippen LogP contribution in [0.15, 0.2) is 6.07 Å². The Kier molecular flexibility index (Phi) is 3.07. The SMILES string of the molecule is Cc1cc(N2CCC(N)C2)nc(N2CCCC2)n1. The minimum atomic E-state index is 0.288. The van der Waals surface area contributed by atoms with Crippen molar-refractivity contribution in [3.05, 3.63) is 11.8 Å². The van der Waals surface area contributed by atoms with E-state index in [1.165, 1.54) is 12.8 Å². The van der Waals surface area contributed by atoms with Crippen LogP contribution in [0, 0.1) is 6.92 Å². The predicted octanol–water partition coefficient (Wildman–Crippen LogP) is 0.923. The fourth-order valence-electron chi connectivity index (χ4n) is 2.75. The molecule has 98 valence electrons. The molecule has 5 heteroatoms. The molecule has 0 aromatic carbocycles. The van der Waals surface area contributed by atoms with Gasteiger partial charge in [-0.05, 0) is 26.2 Å². The third-order valence-electron chi connectivity index (χ3n) is 3.77. The molecule has 0 saturated carbocycles. The fourth-order valence-corrected chi connectivity index (χ4v) is 2.75. The number of aromatic nitrogens is 2. The smallest absolute Gasteiger partial charge is 0.227 e. The maximum absolute atomic E-state index is 5.97. The molecule has 0 bridgehead atoms. The molecule has 2 saturated heterocycles. The molecule has 1 aromatic rings. The number of hydrogen-bond donors (Lipinski definition) is 1. The zero-order valence-electron chi connectivity index (χ0n) is 11.0. The minimum absolute atomic E-state index is 0.288. The number of aryl methyl sites for hydroxylation is 1. The summed E-state index contributed by atoms with van der Waals surface area (Å²) in [6, 6.07) is 2.35. The van der Waals surface area contributed by atoms with Gasteiger partial charge in [-0.3, -0.25) is 0 Å². The predicted molar refractivity (Wildman–Crippen MR) is 73.0 cm³/mol. The molecule has 5 nitrogen and oxygen atoms in total. The first-order valence-corrected chi connectivity index (χ1v) is 6.83. The van der Waals surface area contributed by atoms with E-state index in [0.717, 1.165) is 50.1 Å². The van der Waals surface area contributed by atoms with Crippen LogP contribution in [0.2, 0.25) is 0 Å². The standard InChI is InChI=1S/C13H21N5/c1-10-8-12(18-7-4-11(14)9-18)16-13(15-10)17-5-2-3-6-17/h8,11H,2-7,9,14H2,1H3. The molecule has 1 unspecified atom stereocenters. The molecule has 0 amide bonds. The van der Waals surface area contributed by atoms with Crippen LogP contribution >= 0.6 is 0 Å². The van der Waals surface area contributed by atoms with E-state index >= 15 is 0 Å². The normalized spacial score (nSPS) is 24.0. The Hall–Kier alpha value is -1.36. The minimum Gasteiger partial charge on any atom is -0.355 e. The van der Waals surface area contributed by atoms with E-state index in [1.807, 2.05) is 6.92 Å². The molecular weight excluding hydrogens is 226 g/mol. The Balaban J connectivity index is 1.85. The first-order chi connectivity index (χ1) is 8.72. The van der Waals surface area contributed by atoms with Crippen molar-refractivity contribution in [2.75, 3.05) is 36.0 Å². The average molecular weight is 247 g/mol. The maximum Gasteiger partial charge on any atom is 0.227 e. The molecule has 0 aliphatic carbocycles. The van der Waals surface area contributed by atoms with Crippen molar-refractivity contribution in [2.24, 2.45) is 5.73 Å². The lowest BCUT2D eigenvalue weighted by Gasteiger charge is -2.21. The van der Waals surface area contributed by atoms with Gasteiger partial charge in [-0.15, -0.1) is 0 Å². The molecule has 3 rings (SSSR count). The number of hydrogen-bond acceptors (Lipinski definition) is 5. The molecule has 3 heterocycles. The third kappa shape index (κ3) is 2.27. The van der Waals surface area contributed by atoms with Gasteiger partial charge < -0.3 is 15.5 Å². The highest BCUT2D eigenvalue weighted by atomic mass is 15.3. The van der Waals surface area contributed by atoms with E-state index in [2.05, 4.69) is 20.9 Å². The summed E-state index contributed by atoms with van der Waals surface area (Å²) in [6.07, 6.45) is 3.56. The van der Waals surface area contributed by atoms with Crippen LogP contribution in [0.3, 0.4) is 0 Å². The summed E-state index contributed by atoms with van der Waals surface area (Å²) in [5.41, 5.74) is 7.01. The lowest BCUT2D eigenvalue weighted by Crippen LogP contribution is -2.28. The second kappa shape index (κ2) is 4.72. The second-order valence-corrected chi connectivity index (χ2v) is 5.36. The van der Waals surface area contributed by atoms with Gasteiger partial charge in [0.25, 0.3) is 0 Å². The summed E-state index contributed by atoms with van der Waals surface area (Å²) in [7, 11) is 0. The third-order valence-corrected chi connectivity index (χ3v) is 3.77. The molecule has 2 aliphatic rings. The van der Waals surface area contributed by atoms with E-state index in [-0.39, 0.29) is 6.04 Å². The van der Waals surface area contributed by atoms with Crippen molar-refractivity contribution in [3.8, 4) is 0 Å². The highest BCUT2D eigenvalue weighted by Gasteiger charge is 2.22. The Bertz CT molecular complexity index is 427. The topological polar surface area (TPSA) is 58.3 Å². The Labute approximate surface area is 108 Å². The number of rotatable bonds is 2. The zero-order valence-corrected chi connectivity index (χ0v) is 11.0. The number of nitrogens with two attached hydrogens (primary N) is 1. The van der Waals surface area contributed by atoms with E-state index in [4.69, 9.17) is 10.7 Å². The largest absolute Gasteiger partial charge is 0.355 e. The summed E-state index contributed by atoms with van der Waals surface area (Å²) < 4.78 is 0. The molecule has 2 aliphatic heterocycles. The molecule has 0 spiro atoms. The van der Waals surface area contributed by atoms with E-state index < -0.39 is 0 Å². The molecular formula is C13H21N5. The summed E-state index contributed by atoms with van der Waals surface area (Å²) >= 11 is 0. The molecule has 0 radical (unpaired) electrons. The van der Waals surface area contributed by atoms with Crippen molar-refractivity contribution in [2.45, 2.75) is 32.2 Å². The van der Waals surface area contributed by atoms with Gasteiger partial charge >= 0.3 is 0 Å². The van der Waals surface area contributed by atoms with Crippen LogP contribution in [0.25, 0.3) is 0 Å². The van der Waals surface area contributed by atoms with Gasteiger partial charge in [-0.2, -0.15) is 4.98 Å². The van der Waals surface area contributed by atoms with Gasteiger partial charge in [0.15, 0.2) is 0 Å². The summed E-state index contributed by atoms with van der Waals surface area (Å²) in [4.78, 5) is 13.8. The summed E-state index contributed by atoms with van der Waals surface area (Å²) in [5.74, 6) is 1.93. The van der Waals surface area contributed by atoms with Gasteiger partial charge in [0.2, 0.25) is 5.95 Å². The highest BCUT2D eigenvalue weighted by molar-refractivity contribution is 5.47. The number of nitrogens with zero attached hydrogens (tertiary/aromatic N) is 4. The lowest BCUT2D eigenvalue weighted by molar-refractivity contribution is 0.751. The van der Waals surface area contributed by atoms with Crippen LogP contribution in [-0.4, -0.2) is 42.2 Å².